The first kappa shape index (κ1) is 15.0. The molecule has 17 heavy (non-hydrogen) atoms. The Morgan fingerprint density at radius 1 is 1.29 bits per heavy atom. The molecule has 1 fully saturated rings. The molecule has 0 heterocycles. The van der Waals surface area contributed by atoms with Crippen LogP contribution >= 0.6 is 0 Å². The SMILES string of the molecule is CCC1CCCC(C(O)C(C)(CC)N(C)C)C1. The van der Waals surface area contributed by atoms with Crippen molar-refractivity contribution < 1.29 is 5.11 Å². The molecule has 0 aromatic heterocycles. The summed E-state index contributed by atoms with van der Waals surface area (Å²) in [6, 6.07) is 0. The van der Waals surface area contributed by atoms with Gasteiger partial charge in [0.25, 0.3) is 0 Å². The zero-order chi connectivity index (χ0) is 13.1. The monoisotopic (exact) mass is 241 g/mol. The highest BCUT2D eigenvalue weighted by atomic mass is 16.3. The third-order valence-electron chi connectivity index (χ3n) is 5.22. The minimum absolute atomic E-state index is 0.0691. The van der Waals surface area contributed by atoms with Gasteiger partial charge in [-0.1, -0.05) is 33.1 Å². The largest absolute Gasteiger partial charge is 0.391 e. The van der Waals surface area contributed by atoms with Crippen molar-refractivity contribution in [1.29, 1.82) is 0 Å². The molecule has 1 N–H and O–H groups in total. The van der Waals surface area contributed by atoms with E-state index in [1.807, 2.05) is 0 Å². The zero-order valence-electron chi connectivity index (χ0n) is 12.4. The fraction of sp³-hybridized carbons (Fsp3) is 1.00. The number of hydrogen-bond acceptors (Lipinski definition) is 2. The van der Waals surface area contributed by atoms with Crippen LogP contribution in [0, 0.1) is 11.8 Å². The summed E-state index contributed by atoms with van der Waals surface area (Å²) in [5, 5.41) is 10.7. The van der Waals surface area contributed by atoms with Gasteiger partial charge in [0, 0.05) is 5.54 Å². The minimum Gasteiger partial charge on any atom is -0.391 e. The molecule has 102 valence electrons. The third-order valence-corrected chi connectivity index (χ3v) is 5.22. The van der Waals surface area contributed by atoms with E-state index < -0.39 is 0 Å². The fourth-order valence-corrected chi connectivity index (χ4v) is 3.29. The zero-order valence-corrected chi connectivity index (χ0v) is 12.4. The molecule has 2 heteroatoms. The van der Waals surface area contributed by atoms with Crippen molar-refractivity contribution >= 4 is 0 Å². The molecule has 2 nitrogen and oxygen atoms in total. The number of hydrogen-bond donors (Lipinski definition) is 1. The lowest BCUT2D eigenvalue weighted by Crippen LogP contribution is -2.54. The molecule has 0 saturated heterocycles. The third kappa shape index (κ3) is 3.23. The number of nitrogens with zero attached hydrogens (tertiary/aromatic N) is 1. The van der Waals surface area contributed by atoms with Gasteiger partial charge in [0.05, 0.1) is 6.10 Å². The van der Waals surface area contributed by atoms with E-state index in [2.05, 4.69) is 39.8 Å². The number of aliphatic hydroxyl groups is 1. The molecule has 1 aliphatic carbocycles. The van der Waals surface area contributed by atoms with Crippen LogP contribution in [0.2, 0.25) is 0 Å². The molecular weight excluding hydrogens is 210 g/mol. The molecule has 1 rings (SSSR count). The molecule has 0 radical (unpaired) electrons. The average Bonchev–Trinajstić information content (AvgIpc) is 2.36. The lowest BCUT2D eigenvalue weighted by atomic mass is 9.72. The van der Waals surface area contributed by atoms with Crippen molar-refractivity contribution in [3.8, 4) is 0 Å². The van der Waals surface area contributed by atoms with Gasteiger partial charge in [0.2, 0.25) is 0 Å². The molecule has 0 aromatic rings. The Hall–Kier alpha value is -0.0800. The topological polar surface area (TPSA) is 23.5 Å². The van der Waals surface area contributed by atoms with Gasteiger partial charge >= 0.3 is 0 Å². The molecule has 0 aromatic carbocycles. The summed E-state index contributed by atoms with van der Waals surface area (Å²) in [7, 11) is 4.18. The Morgan fingerprint density at radius 3 is 2.41 bits per heavy atom. The van der Waals surface area contributed by atoms with Crippen LogP contribution in [-0.4, -0.2) is 35.7 Å². The second-order valence-electron chi connectivity index (χ2n) is 6.25. The van der Waals surface area contributed by atoms with Crippen LogP contribution in [0.25, 0.3) is 0 Å². The number of aliphatic hydroxyl groups excluding tert-OH is 1. The Labute approximate surface area is 107 Å². The lowest BCUT2D eigenvalue weighted by Gasteiger charge is -2.45. The summed E-state index contributed by atoms with van der Waals surface area (Å²) in [4.78, 5) is 2.20. The summed E-state index contributed by atoms with van der Waals surface area (Å²) in [5.74, 6) is 1.34. The maximum atomic E-state index is 10.7. The number of likely N-dealkylation sites (N-methyl/N-ethyl adjacent to an activating group) is 1. The quantitative estimate of drug-likeness (QED) is 0.798. The molecule has 0 amide bonds. The molecule has 0 bridgehead atoms. The van der Waals surface area contributed by atoms with E-state index in [4.69, 9.17) is 0 Å². The summed E-state index contributed by atoms with van der Waals surface area (Å²) >= 11 is 0. The predicted molar refractivity (Wildman–Crippen MR) is 74.1 cm³/mol. The summed E-state index contributed by atoms with van der Waals surface area (Å²) in [6.07, 6.45) is 7.19. The van der Waals surface area contributed by atoms with Crippen molar-refractivity contribution in [3.63, 3.8) is 0 Å². The van der Waals surface area contributed by atoms with Crippen molar-refractivity contribution in [2.45, 2.75) is 70.9 Å². The van der Waals surface area contributed by atoms with Gasteiger partial charge in [-0.3, -0.25) is 0 Å². The highest BCUT2D eigenvalue weighted by Crippen LogP contribution is 2.37. The van der Waals surface area contributed by atoms with Crippen molar-refractivity contribution in [2.24, 2.45) is 11.8 Å². The Kier molecular flexibility index (Phi) is 5.46. The molecular formula is C15H31NO. The normalized spacial score (nSPS) is 31.2. The van der Waals surface area contributed by atoms with E-state index in [1.54, 1.807) is 0 Å². The van der Waals surface area contributed by atoms with E-state index in [0.717, 1.165) is 12.3 Å². The minimum atomic E-state index is -0.183. The van der Waals surface area contributed by atoms with Crippen LogP contribution in [0.3, 0.4) is 0 Å². The van der Waals surface area contributed by atoms with Crippen molar-refractivity contribution in [2.75, 3.05) is 14.1 Å². The Bertz CT molecular complexity index is 229. The summed E-state index contributed by atoms with van der Waals surface area (Å²) in [6.45, 7) is 6.67. The van der Waals surface area contributed by atoms with Crippen molar-refractivity contribution in [3.05, 3.63) is 0 Å². The van der Waals surface area contributed by atoms with Crippen LogP contribution in [0.5, 0.6) is 0 Å². The van der Waals surface area contributed by atoms with Gasteiger partial charge in [-0.2, -0.15) is 0 Å². The average molecular weight is 241 g/mol. The lowest BCUT2D eigenvalue weighted by molar-refractivity contribution is -0.0489. The predicted octanol–water partition coefficient (Wildman–Crippen LogP) is 3.29. The van der Waals surface area contributed by atoms with Crippen LogP contribution in [0.15, 0.2) is 0 Å². The molecule has 0 aliphatic heterocycles. The van der Waals surface area contributed by atoms with Gasteiger partial charge in [0.15, 0.2) is 0 Å². The molecule has 0 spiro atoms. The first-order valence-corrected chi connectivity index (χ1v) is 7.31. The van der Waals surface area contributed by atoms with Gasteiger partial charge in [-0.15, -0.1) is 0 Å². The second-order valence-corrected chi connectivity index (χ2v) is 6.25. The van der Waals surface area contributed by atoms with Crippen molar-refractivity contribution in [1.82, 2.24) is 4.90 Å². The molecule has 4 unspecified atom stereocenters. The Balaban J connectivity index is 2.70. The summed E-state index contributed by atoms with van der Waals surface area (Å²) < 4.78 is 0. The van der Waals surface area contributed by atoms with Crippen LogP contribution in [0.4, 0.5) is 0 Å². The first-order chi connectivity index (χ1) is 7.95. The maximum Gasteiger partial charge on any atom is 0.0748 e. The highest BCUT2D eigenvalue weighted by molar-refractivity contribution is 4.94. The van der Waals surface area contributed by atoms with Crippen LogP contribution in [0.1, 0.15) is 59.3 Å². The van der Waals surface area contributed by atoms with Gasteiger partial charge in [-0.05, 0) is 52.1 Å². The molecule has 1 aliphatic rings. The van der Waals surface area contributed by atoms with Crippen LogP contribution < -0.4 is 0 Å². The maximum absolute atomic E-state index is 10.7. The standard InChI is InChI=1S/C15H31NO/c1-6-12-9-8-10-13(11-12)14(17)15(3,7-2)16(4)5/h12-14,17H,6-11H2,1-5H3. The second kappa shape index (κ2) is 6.19. The van der Waals surface area contributed by atoms with E-state index >= 15 is 0 Å². The highest BCUT2D eigenvalue weighted by Gasteiger charge is 2.39. The van der Waals surface area contributed by atoms with Gasteiger partial charge in [0.1, 0.15) is 0 Å². The van der Waals surface area contributed by atoms with E-state index in [1.165, 1.54) is 32.1 Å². The van der Waals surface area contributed by atoms with E-state index in [9.17, 15) is 5.11 Å². The van der Waals surface area contributed by atoms with Gasteiger partial charge in [-0.25, -0.2) is 0 Å². The summed E-state index contributed by atoms with van der Waals surface area (Å²) in [5.41, 5.74) is -0.0691. The van der Waals surface area contributed by atoms with Crippen LogP contribution in [-0.2, 0) is 0 Å². The molecule has 1 saturated carbocycles. The van der Waals surface area contributed by atoms with E-state index in [-0.39, 0.29) is 11.6 Å². The fourth-order valence-electron chi connectivity index (χ4n) is 3.29. The first-order valence-electron chi connectivity index (χ1n) is 7.31. The smallest absolute Gasteiger partial charge is 0.0748 e. The number of rotatable bonds is 5. The Morgan fingerprint density at radius 2 is 1.94 bits per heavy atom. The molecule has 4 atom stereocenters. The van der Waals surface area contributed by atoms with Gasteiger partial charge < -0.3 is 10.0 Å². The van der Waals surface area contributed by atoms with E-state index in [0.29, 0.717) is 5.92 Å².